The van der Waals surface area contributed by atoms with Gasteiger partial charge in [0.15, 0.2) is 0 Å². The summed E-state index contributed by atoms with van der Waals surface area (Å²) >= 11 is 6.37. The molecule has 0 bridgehead atoms. The number of para-hydroxylation sites is 1. The van der Waals surface area contributed by atoms with Gasteiger partial charge in [-0.3, -0.25) is 14.5 Å². The number of ether oxygens (including phenoxy) is 1. The third-order valence-electron chi connectivity index (χ3n) is 9.25. The normalized spacial score (nSPS) is 25.9. The molecule has 218 valence electrons. The van der Waals surface area contributed by atoms with Gasteiger partial charge in [0.05, 0.1) is 29.4 Å². The largest absolute Gasteiger partial charge is 0.467 e. The van der Waals surface area contributed by atoms with Crippen LogP contribution in [0.2, 0.25) is 5.02 Å². The fraction of sp³-hybridized carbons (Fsp3) is 0.633. The highest BCUT2D eigenvalue weighted by Gasteiger charge is 2.50. The molecule has 40 heavy (non-hydrogen) atoms. The summed E-state index contributed by atoms with van der Waals surface area (Å²) in [6.07, 6.45) is 6.48. The van der Waals surface area contributed by atoms with Gasteiger partial charge in [-0.05, 0) is 69.9 Å². The van der Waals surface area contributed by atoms with Gasteiger partial charge < -0.3 is 25.5 Å². The van der Waals surface area contributed by atoms with Gasteiger partial charge in [0, 0.05) is 23.4 Å². The molecule has 4 atom stereocenters. The number of piperidine rings is 1. The number of aromatic nitrogens is 1. The molecule has 2 saturated heterocycles. The maximum absolute atomic E-state index is 13.9. The summed E-state index contributed by atoms with van der Waals surface area (Å²) < 4.78 is 5.03. The van der Waals surface area contributed by atoms with Crippen LogP contribution in [-0.4, -0.2) is 64.1 Å². The van der Waals surface area contributed by atoms with Crippen LogP contribution in [0, 0.1) is 11.3 Å². The number of carbonyl (C=O) groups is 3. The van der Waals surface area contributed by atoms with E-state index in [4.69, 9.17) is 16.3 Å². The first kappa shape index (κ1) is 28.9. The highest BCUT2D eigenvalue weighted by molar-refractivity contribution is 6.35. The number of aromatic amines is 1. The van der Waals surface area contributed by atoms with E-state index < -0.39 is 30.2 Å². The summed E-state index contributed by atoms with van der Waals surface area (Å²) in [5.41, 5.74) is 0.949. The zero-order chi connectivity index (χ0) is 28.7. The fourth-order valence-electron chi connectivity index (χ4n) is 7.01. The average molecular weight is 573 g/mol. The molecule has 2 aliphatic heterocycles. The number of methoxy groups -OCH3 is 1. The van der Waals surface area contributed by atoms with E-state index in [-0.39, 0.29) is 29.2 Å². The average Bonchev–Trinajstić information content (AvgIpc) is 3.52. The smallest absolute Gasteiger partial charge is 0.328 e. The molecule has 2 aromatic rings. The van der Waals surface area contributed by atoms with Crippen molar-refractivity contribution in [2.45, 2.75) is 95.5 Å². The number of nitrogens with zero attached hydrogens (tertiary/aromatic N) is 1. The number of benzene rings is 1. The summed E-state index contributed by atoms with van der Waals surface area (Å²) in [6.45, 7) is 4.53. The fourth-order valence-corrected chi connectivity index (χ4v) is 7.24. The Labute approximate surface area is 240 Å². The molecule has 4 N–H and O–H groups in total. The summed E-state index contributed by atoms with van der Waals surface area (Å²) in [6, 6.07) is 5.85. The molecular weight excluding hydrogens is 532 g/mol. The molecule has 1 spiro atoms. The van der Waals surface area contributed by atoms with Crippen molar-refractivity contribution in [2.24, 2.45) is 11.3 Å². The minimum Gasteiger partial charge on any atom is -0.467 e. The SMILES string of the molecule is COC(=O)[C@H](CC1CCC(C)(C)NC1=O)NC(=O)C1CC2(CCCCC2)CN1C(O)c1cc2cccc(Cl)c2[nH]1. The van der Waals surface area contributed by atoms with E-state index in [1.807, 2.05) is 36.9 Å². The number of carbonyl (C=O) groups excluding carboxylic acids is 3. The second kappa shape index (κ2) is 11.3. The molecular formula is C30H41ClN4O5. The molecule has 1 saturated carbocycles. The second-order valence-corrected chi connectivity index (χ2v) is 13.1. The Morgan fingerprint density at radius 3 is 2.65 bits per heavy atom. The number of H-pyrrole nitrogens is 1. The quantitative estimate of drug-likeness (QED) is 0.369. The lowest BCUT2D eigenvalue weighted by atomic mass is 9.72. The molecule has 2 amide bonds. The first-order chi connectivity index (χ1) is 19.0. The van der Waals surface area contributed by atoms with E-state index in [1.54, 1.807) is 6.07 Å². The van der Waals surface area contributed by atoms with Crippen LogP contribution in [0.3, 0.4) is 0 Å². The first-order valence-corrected chi connectivity index (χ1v) is 14.8. The van der Waals surface area contributed by atoms with Gasteiger partial charge in [-0.2, -0.15) is 0 Å². The zero-order valence-electron chi connectivity index (χ0n) is 23.6. The van der Waals surface area contributed by atoms with Crippen molar-refractivity contribution in [1.82, 2.24) is 20.5 Å². The molecule has 3 aliphatic rings. The summed E-state index contributed by atoms with van der Waals surface area (Å²) in [5.74, 6) is -1.42. The molecule has 5 rings (SSSR count). The predicted octanol–water partition coefficient (Wildman–Crippen LogP) is 4.19. The van der Waals surface area contributed by atoms with Crippen LogP contribution in [0.5, 0.6) is 0 Å². The van der Waals surface area contributed by atoms with Crippen LogP contribution >= 0.6 is 11.6 Å². The molecule has 9 nitrogen and oxygen atoms in total. The number of aliphatic hydroxyl groups excluding tert-OH is 1. The molecule has 1 aromatic heterocycles. The number of esters is 1. The summed E-state index contributed by atoms with van der Waals surface area (Å²) in [4.78, 5) is 44.6. The van der Waals surface area contributed by atoms with Gasteiger partial charge >= 0.3 is 5.97 Å². The van der Waals surface area contributed by atoms with Gasteiger partial charge in [0.25, 0.3) is 0 Å². The predicted molar refractivity (Wildman–Crippen MR) is 152 cm³/mol. The summed E-state index contributed by atoms with van der Waals surface area (Å²) in [5, 5.41) is 19.0. The highest BCUT2D eigenvalue weighted by atomic mass is 35.5. The minimum absolute atomic E-state index is 0.0690. The Balaban J connectivity index is 1.38. The highest BCUT2D eigenvalue weighted by Crippen LogP contribution is 2.48. The van der Waals surface area contributed by atoms with Crippen molar-refractivity contribution in [2.75, 3.05) is 13.7 Å². The van der Waals surface area contributed by atoms with E-state index in [2.05, 4.69) is 15.6 Å². The van der Waals surface area contributed by atoms with Crippen LogP contribution in [0.15, 0.2) is 24.3 Å². The van der Waals surface area contributed by atoms with Gasteiger partial charge in [0.2, 0.25) is 11.8 Å². The molecule has 3 heterocycles. The van der Waals surface area contributed by atoms with Crippen molar-refractivity contribution >= 4 is 40.3 Å². The van der Waals surface area contributed by atoms with Crippen LogP contribution < -0.4 is 10.6 Å². The molecule has 1 aromatic carbocycles. The Bertz CT molecular complexity index is 1270. The molecule has 1 aliphatic carbocycles. The van der Waals surface area contributed by atoms with Crippen molar-refractivity contribution < 1.29 is 24.2 Å². The lowest BCUT2D eigenvalue weighted by molar-refractivity contribution is -0.147. The van der Waals surface area contributed by atoms with Crippen molar-refractivity contribution in [3.8, 4) is 0 Å². The van der Waals surface area contributed by atoms with Crippen LogP contribution in [-0.2, 0) is 19.1 Å². The van der Waals surface area contributed by atoms with Crippen LogP contribution in [0.25, 0.3) is 10.9 Å². The van der Waals surface area contributed by atoms with Crippen molar-refractivity contribution in [3.63, 3.8) is 0 Å². The standard InChI is InChI=1S/C30H41ClN4O5/c1-29(2)13-10-19(25(36)34-29)15-22(28(39)40-3)33-26(37)23-16-30(11-5-4-6-12-30)17-35(23)27(38)21-14-18-8-7-9-20(31)24(18)32-21/h7-9,14,19,22-23,27,32,38H,4-6,10-13,15-17H2,1-3H3,(H,33,37)(H,34,36)/t19?,22-,23?,27?/m0/s1. The van der Waals surface area contributed by atoms with Crippen LogP contribution in [0.1, 0.15) is 83.6 Å². The Morgan fingerprint density at radius 1 is 1.23 bits per heavy atom. The summed E-state index contributed by atoms with van der Waals surface area (Å²) in [7, 11) is 1.29. The molecule has 10 heteroatoms. The van der Waals surface area contributed by atoms with Crippen LogP contribution in [0.4, 0.5) is 0 Å². The van der Waals surface area contributed by atoms with Gasteiger partial charge in [0.1, 0.15) is 12.3 Å². The number of likely N-dealkylation sites (tertiary alicyclic amines) is 1. The van der Waals surface area contributed by atoms with E-state index in [9.17, 15) is 19.5 Å². The van der Waals surface area contributed by atoms with E-state index >= 15 is 0 Å². The van der Waals surface area contributed by atoms with E-state index in [0.717, 1.165) is 43.0 Å². The second-order valence-electron chi connectivity index (χ2n) is 12.7. The van der Waals surface area contributed by atoms with E-state index in [0.29, 0.717) is 30.1 Å². The number of nitrogens with one attached hydrogen (secondary N) is 3. The zero-order valence-corrected chi connectivity index (χ0v) is 24.4. The topological polar surface area (TPSA) is 124 Å². The number of amides is 2. The maximum atomic E-state index is 13.9. The number of hydrogen-bond acceptors (Lipinski definition) is 6. The first-order valence-electron chi connectivity index (χ1n) is 14.4. The minimum atomic E-state index is -1.05. The Kier molecular flexibility index (Phi) is 8.19. The maximum Gasteiger partial charge on any atom is 0.328 e. The number of aliphatic hydroxyl groups is 1. The van der Waals surface area contributed by atoms with Crippen molar-refractivity contribution in [1.29, 1.82) is 0 Å². The Morgan fingerprint density at radius 2 is 1.98 bits per heavy atom. The number of fused-ring (bicyclic) bond motifs is 1. The number of rotatable bonds is 7. The number of hydrogen-bond donors (Lipinski definition) is 4. The van der Waals surface area contributed by atoms with Gasteiger partial charge in [-0.1, -0.05) is 43.0 Å². The third kappa shape index (κ3) is 5.87. The van der Waals surface area contributed by atoms with Gasteiger partial charge in [-0.25, -0.2) is 4.79 Å². The lowest BCUT2D eigenvalue weighted by Crippen LogP contribution is -2.54. The molecule has 3 unspecified atom stereocenters. The molecule has 0 radical (unpaired) electrons. The number of halogens is 1. The van der Waals surface area contributed by atoms with Crippen molar-refractivity contribution in [3.05, 3.63) is 35.0 Å². The molecule has 3 fully saturated rings. The Hall–Kier alpha value is -2.62. The monoisotopic (exact) mass is 572 g/mol. The third-order valence-corrected chi connectivity index (χ3v) is 9.57. The van der Waals surface area contributed by atoms with E-state index in [1.165, 1.54) is 13.5 Å². The lowest BCUT2D eigenvalue weighted by Gasteiger charge is -2.36. The van der Waals surface area contributed by atoms with Gasteiger partial charge in [-0.15, -0.1) is 0 Å².